The standard InChI is InChI=1S/C15H18N6O4/c1-4-25-15(22)10-5-7-11(8-6-10)18-13-12(21(23)24)14(17-9-16-13)19-20(2)3/h5-9H,4H2,1-3H3,(H2,16,17,18,19). The van der Waals surface area contributed by atoms with Crippen molar-refractivity contribution in [1.29, 1.82) is 0 Å². The number of hydrazine groups is 1. The van der Waals surface area contributed by atoms with Crippen molar-refractivity contribution in [1.82, 2.24) is 15.0 Å². The number of ether oxygens (including phenoxy) is 1. The minimum atomic E-state index is -0.568. The van der Waals surface area contributed by atoms with Gasteiger partial charge in [-0.15, -0.1) is 0 Å². The second kappa shape index (κ2) is 8.02. The lowest BCUT2D eigenvalue weighted by molar-refractivity contribution is -0.383. The highest BCUT2D eigenvalue weighted by Crippen LogP contribution is 2.31. The minimum Gasteiger partial charge on any atom is -0.462 e. The molecular formula is C15H18N6O4. The molecule has 0 aliphatic rings. The topological polar surface area (TPSA) is 123 Å². The first-order valence-electron chi connectivity index (χ1n) is 7.40. The Labute approximate surface area is 144 Å². The highest BCUT2D eigenvalue weighted by Gasteiger charge is 2.23. The summed E-state index contributed by atoms with van der Waals surface area (Å²) >= 11 is 0. The first-order chi connectivity index (χ1) is 11.9. The smallest absolute Gasteiger partial charge is 0.354 e. The molecule has 2 rings (SSSR count). The van der Waals surface area contributed by atoms with Gasteiger partial charge in [-0.2, -0.15) is 0 Å². The van der Waals surface area contributed by atoms with Gasteiger partial charge in [-0.1, -0.05) is 0 Å². The molecule has 0 fully saturated rings. The molecule has 10 nitrogen and oxygen atoms in total. The summed E-state index contributed by atoms with van der Waals surface area (Å²) in [6, 6.07) is 6.34. The van der Waals surface area contributed by atoms with E-state index in [4.69, 9.17) is 4.74 Å². The molecule has 132 valence electrons. The third kappa shape index (κ3) is 4.61. The van der Waals surface area contributed by atoms with Crippen LogP contribution in [-0.4, -0.2) is 46.6 Å². The molecule has 2 N–H and O–H groups in total. The first-order valence-corrected chi connectivity index (χ1v) is 7.40. The van der Waals surface area contributed by atoms with Crippen molar-refractivity contribution in [2.75, 3.05) is 31.4 Å². The molecule has 0 unspecified atom stereocenters. The SMILES string of the molecule is CCOC(=O)c1ccc(Nc2ncnc(NN(C)C)c2[N+](=O)[O-])cc1. The van der Waals surface area contributed by atoms with Gasteiger partial charge in [0.1, 0.15) is 6.33 Å². The molecule has 10 heteroatoms. The Hall–Kier alpha value is -3.27. The van der Waals surface area contributed by atoms with E-state index in [1.54, 1.807) is 45.3 Å². The Morgan fingerprint density at radius 1 is 1.24 bits per heavy atom. The van der Waals surface area contributed by atoms with Crippen LogP contribution in [0.5, 0.6) is 0 Å². The summed E-state index contributed by atoms with van der Waals surface area (Å²) in [5.74, 6) is -0.330. The van der Waals surface area contributed by atoms with Crippen molar-refractivity contribution in [2.45, 2.75) is 6.92 Å². The third-order valence-electron chi connectivity index (χ3n) is 2.99. The summed E-state index contributed by atoms with van der Waals surface area (Å²) < 4.78 is 4.91. The number of nitro groups is 1. The van der Waals surface area contributed by atoms with Gasteiger partial charge >= 0.3 is 11.7 Å². The van der Waals surface area contributed by atoms with Crippen LogP contribution in [0.4, 0.5) is 23.0 Å². The maximum Gasteiger partial charge on any atom is 0.354 e. The average Bonchev–Trinajstić information content (AvgIpc) is 2.55. The molecule has 2 aromatic rings. The zero-order valence-electron chi connectivity index (χ0n) is 14.0. The van der Waals surface area contributed by atoms with E-state index in [2.05, 4.69) is 20.7 Å². The van der Waals surface area contributed by atoms with Crippen LogP contribution in [0, 0.1) is 10.1 Å². The number of carbonyl (C=O) groups excluding carboxylic acids is 1. The molecule has 0 bridgehead atoms. The molecular weight excluding hydrogens is 328 g/mol. The fraction of sp³-hybridized carbons (Fsp3) is 0.267. The number of anilines is 3. The van der Waals surface area contributed by atoms with Crippen LogP contribution in [0.1, 0.15) is 17.3 Å². The monoisotopic (exact) mass is 346 g/mol. The van der Waals surface area contributed by atoms with Gasteiger partial charge in [0, 0.05) is 19.8 Å². The summed E-state index contributed by atoms with van der Waals surface area (Å²) in [6.45, 7) is 2.01. The molecule has 0 saturated heterocycles. The first kappa shape index (κ1) is 18.1. The predicted octanol–water partition coefficient (Wildman–Crippen LogP) is 2.19. The molecule has 0 radical (unpaired) electrons. The minimum absolute atomic E-state index is 0.0354. The van der Waals surface area contributed by atoms with E-state index >= 15 is 0 Å². The Kier molecular flexibility index (Phi) is 5.79. The molecule has 1 aromatic heterocycles. The van der Waals surface area contributed by atoms with Crippen LogP contribution in [0.15, 0.2) is 30.6 Å². The Bertz CT molecular complexity index is 763. The maximum absolute atomic E-state index is 11.6. The normalized spacial score (nSPS) is 10.4. The molecule has 1 heterocycles. The number of hydrogen-bond acceptors (Lipinski definition) is 9. The van der Waals surface area contributed by atoms with E-state index in [1.165, 1.54) is 11.3 Å². The molecule has 0 amide bonds. The molecule has 0 saturated carbocycles. The highest BCUT2D eigenvalue weighted by atomic mass is 16.6. The van der Waals surface area contributed by atoms with E-state index in [9.17, 15) is 14.9 Å². The Morgan fingerprint density at radius 3 is 2.44 bits per heavy atom. The molecule has 1 aromatic carbocycles. The number of rotatable bonds is 7. The lowest BCUT2D eigenvalue weighted by Gasteiger charge is -2.14. The molecule has 0 aliphatic heterocycles. The van der Waals surface area contributed by atoms with Crippen molar-refractivity contribution in [3.63, 3.8) is 0 Å². The van der Waals surface area contributed by atoms with Crippen molar-refractivity contribution in [2.24, 2.45) is 0 Å². The third-order valence-corrected chi connectivity index (χ3v) is 2.99. The molecule has 0 aliphatic carbocycles. The predicted molar refractivity (Wildman–Crippen MR) is 91.7 cm³/mol. The van der Waals surface area contributed by atoms with E-state index in [0.717, 1.165) is 0 Å². The van der Waals surface area contributed by atoms with Gasteiger partial charge in [-0.3, -0.25) is 15.5 Å². The van der Waals surface area contributed by atoms with E-state index in [1.807, 2.05) is 0 Å². The van der Waals surface area contributed by atoms with Crippen molar-refractivity contribution in [3.8, 4) is 0 Å². The summed E-state index contributed by atoms with van der Waals surface area (Å²) in [7, 11) is 3.38. The second-order valence-electron chi connectivity index (χ2n) is 5.11. The fourth-order valence-corrected chi connectivity index (χ4v) is 1.98. The van der Waals surface area contributed by atoms with Gasteiger partial charge in [-0.05, 0) is 31.2 Å². The van der Waals surface area contributed by atoms with Crippen molar-refractivity contribution in [3.05, 3.63) is 46.3 Å². The summed E-state index contributed by atoms with van der Waals surface area (Å²) in [5, 5.41) is 15.8. The van der Waals surface area contributed by atoms with Gasteiger partial charge in [0.2, 0.25) is 11.6 Å². The quantitative estimate of drug-likeness (QED) is 0.441. The Balaban J connectivity index is 2.27. The summed E-state index contributed by atoms with van der Waals surface area (Å²) in [5.41, 5.74) is 3.39. The number of benzene rings is 1. The second-order valence-corrected chi connectivity index (χ2v) is 5.11. The molecule has 0 spiro atoms. The summed E-state index contributed by atoms with van der Waals surface area (Å²) in [6.07, 6.45) is 1.22. The van der Waals surface area contributed by atoms with Gasteiger partial charge in [0.15, 0.2) is 0 Å². The molecule has 25 heavy (non-hydrogen) atoms. The molecule has 0 atom stereocenters. The number of carbonyl (C=O) groups is 1. The average molecular weight is 346 g/mol. The van der Waals surface area contributed by atoms with Crippen LogP contribution >= 0.6 is 0 Å². The Morgan fingerprint density at radius 2 is 1.88 bits per heavy atom. The largest absolute Gasteiger partial charge is 0.462 e. The van der Waals surface area contributed by atoms with Crippen molar-refractivity contribution >= 4 is 29.0 Å². The zero-order valence-corrected chi connectivity index (χ0v) is 14.0. The van der Waals surface area contributed by atoms with Crippen molar-refractivity contribution < 1.29 is 14.5 Å². The van der Waals surface area contributed by atoms with E-state index in [0.29, 0.717) is 11.3 Å². The summed E-state index contributed by atoms with van der Waals surface area (Å²) in [4.78, 5) is 30.3. The fourth-order valence-electron chi connectivity index (χ4n) is 1.98. The van der Waals surface area contributed by atoms with Crippen LogP contribution in [0.3, 0.4) is 0 Å². The zero-order chi connectivity index (χ0) is 18.4. The van der Waals surface area contributed by atoms with Crippen LogP contribution in [0.2, 0.25) is 0 Å². The van der Waals surface area contributed by atoms with Crippen LogP contribution in [0.25, 0.3) is 0 Å². The van der Waals surface area contributed by atoms with Crippen LogP contribution < -0.4 is 10.7 Å². The van der Waals surface area contributed by atoms with Gasteiger partial charge in [0.25, 0.3) is 0 Å². The number of nitrogens with one attached hydrogen (secondary N) is 2. The van der Waals surface area contributed by atoms with E-state index < -0.39 is 10.9 Å². The van der Waals surface area contributed by atoms with Gasteiger partial charge in [0.05, 0.1) is 17.1 Å². The van der Waals surface area contributed by atoms with Gasteiger partial charge < -0.3 is 10.1 Å². The lowest BCUT2D eigenvalue weighted by Crippen LogP contribution is -2.21. The lowest BCUT2D eigenvalue weighted by atomic mass is 10.2. The number of esters is 1. The highest BCUT2D eigenvalue weighted by molar-refractivity contribution is 5.90. The van der Waals surface area contributed by atoms with Crippen LogP contribution in [-0.2, 0) is 4.74 Å². The van der Waals surface area contributed by atoms with E-state index in [-0.39, 0.29) is 23.9 Å². The van der Waals surface area contributed by atoms with Gasteiger partial charge in [-0.25, -0.2) is 19.8 Å². The maximum atomic E-state index is 11.6. The number of aromatic nitrogens is 2. The number of nitrogens with zero attached hydrogens (tertiary/aromatic N) is 4. The number of hydrogen-bond donors (Lipinski definition) is 2.